The van der Waals surface area contributed by atoms with Gasteiger partial charge in [0.05, 0.1) is 6.04 Å². The number of pyridine rings is 1. The fourth-order valence-corrected chi connectivity index (χ4v) is 5.41. The van der Waals surface area contributed by atoms with Crippen molar-refractivity contribution in [1.82, 2.24) is 10.3 Å². The van der Waals surface area contributed by atoms with Crippen LogP contribution in [0.4, 0.5) is 0 Å². The van der Waals surface area contributed by atoms with Gasteiger partial charge in [-0.25, -0.2) is 0 Å². The number of hydrogen-bond donors (Lipinski definition) is 2. The Kier molecular flexibility index (Phi) is 4.78. The summed E-state index contributed by atoms with van der Waals surface area (Å²) in [4.78, 5) is 4.38. The third-order valence-electron chi connectivity index (χ3n) is 6.71. The third-order valence-corrected chi connectivity index (χ3v) is 6.71. The molecule has 4 nitrogen and oxygen atoms in total. The summed E-state index contributed by atoms with van der Waals surface area (Å²) in [5, 5.41) is 16.5. The van der Waals surface area contributed by atoms with Crippen molar-refractivity contribution in [3.05, 3.63) is 70.8 Å². The van der Waals surface area contributed by atoms with Crippen LogP contribution in [0.1, 0.15) is 56.7 Å². The molecule has 0 radical (unpaired) electrons. The fraction of sp³-hybridized carbons (Fsp3) is 0.400. The van der Waals surface area contributed by atoms with Gasteiger partial charge in [-0.1, -0.05) is 26.5 Å². The van der Waals surface area contributed by atoms with Gasteiger partial charge >= 0.3 is 0 Å². The SMILES string of the molecule is C=C(O)C1NC2=C(C)/C(=C\C)C(C)(C)c3cc4cnccc4c(c32)C1CCOC. The highest BCUT2D eigenvalue weighted by Crippen LogP contribution is 2.52. The molecular weight excluding hydrogens is 360 g/mol. The second-order valence-electron chi connectivity index (χ2n) is 8.64. The molecule has 0 spiro atoms. The van der Waals surface area contributed by atoms with Crippen molar-refractivity contribution in [2.45, 2.75) is 51.5 Å². The molecule has 0 saturated heterocycles. The molecule has 1 aliphatic heterocycles. The maximum absolute atomic E-state index is 10.5. The van der Waals surface area contributed by atoms with Gasteiger partial charge < -0.3 is 15.2 Å². The lowest BCUT2D eigenvalue weighted by atomic mass is 9.63. The Morgan fingerprint density at radius 2 is 2.17 bits per heavy atom. The minimum absolute atomic E-state index is 0.0619. The Morgan fingerprint density at radius 3 is 2.83 bits per heavy atom. The van der Waals surface area contributed by atoms with Crippen molar-refractivity contribution in [2.24, 2.45) is 0 Å². The first-order chi connectivity index (χ1) is 13.8. The summed E-state index contributed by atoms with van der Waals surface area (Å²) in [6.07, 6.45) is 6.80. The molecule has 0 fully saturated rings. The lowest BCUT2D eigenvalue weighted by molar-refractivity contribution is 0.179. The van der Waals surface area contributed by atoms with E-state index in [1.165, 1.54) is 33.2 Å². The molecule has 1 aliphatic carbocycles. The van der Waals surface area contributed by atoms with Gasteiger partial charge in [-0.3, -0.25) is 4.98 Å². The van der Waals surface area contributed by atoms with Gasteiger partial charge in [0.1, 0.15) is 5.76 Å². The van der Waals surface area contributed by atoms with Gasteiger partial charge in [0.2, 0.25) is 0 Å². The van der Waals surface area contributed by atoms with Crippen LogP contribution in [0.15, 0.2) is 54.1 Å². The Labute approximate surface area is 173 Å². The summed E-state index contributed by atoms with van der Waals surface area (Å²) in [5.74, 6) is 0.225. The highest BCUT2D eigenvalue weighted by Gasteiger charge is 2.43. The Bertz CT molecular complexity index is 1060. The zero-order valence-corrected chi connectivity index (χ0v) is 18.0. The van der Waals surface area contributed by atoms with Crippen LogP contribution in [0, 0.1) is 0 Å². The molecular formula is C25H30N2O2. The van der Waals surface area contributed by atoms with Crippen LogP contribution in [-0.4, -0.2) is 29.8 Å². The lowest BCUT2D eigenvalue weighted by Gasteiger charge is -2.45. The first kappa shape index (κ1) is 19.7. The second-order valence-corrected chi connectivity index (χ2v) is 8.64. The van der Waals surface area contributed by atoms with Crippen LogP contribution in [0.3, 0.4) is 0 Å². The number of fused-ring (bicyclic) bond motifs is 2. The van der Waals surface area contributed by atoms with Crippen molar-refractivity contribution in [3.8, 4) is 0 Å². The molecule has 29 heavy (non-hydrogen) atoms. The Morgan fingerprint density at radius 1 is 1.41 bits per heavy atom. The van der Waals surface area contributed by atoms with Crippen molar-refractivity contribution in [1.29, 1.82) is 0 Å². The average molecular weight is 391 g/mol. The Hall–Kier alpha value is -2.59. The van der Waals surface area contributed by atoms with E-state index in [0.717, 1.165) is 17.5 Å². The number of benzene rings is 1. The van der Waals surface area contributed by atoms with E-state index in [1.807, 2.05) is 12.4 Å². The summed E-state index contributed by atoms with van der Waals surface area (Å²) < 4.78 is 5.42. The molecule has 4 heteroatoms. The first-order valence-corrected chi connectivity index (χ1v) is 10.3. The monoisotopic (exact) mass is 390 g/mol. The summed E-state index contributed by atoms with van der Waals surface area (Å²) in [5.41, 5.74) is 7.38. The molecule has 0 saturated carbocycles. The van der Waals surface area contributed by atoms with E-state index < -0.39 is 0 Å². The van der Waals surface area contributed by atoms with Gasteiger partial charge in [-0.2, -0.15) is 0 Å². The summed E-state index contributed by atoms with van der Waals surface area (Å²) in [7, 11) is 1.72. The third kappa shape index (κ3) is 2.81. The summed E-state index contributed by atoms with van der Waals surface area (Å²) >= 11 is 0. The molecule has 2 N–H and O–H groups in total. The number of methoxy groups -OCH3 is 1. The number of allylic oxidation sites excluding steroid dienone is 3. The van der Waals surface area contributed by atoms with Crippen molar-refractivity contribution in [2.75, 3.05) is 13.7 Å². The van der Waals surface area contributed by atoms with Gasteiger partial charge in [0, 0.05) is 54.1 Å². The fourth-order valence-electron chi connectivity index (χ4n) is 5.41. The predicted octanol–water partition coefficient (Wildman–Crippen LogP) is 5.37. The summed E-state index contributed by atoms with van der Waals surface area (Å²) in [6, 6.07) is 4.13. The number of nitrogens with one attached hydrogen (secondary N) is 1. The van der Waals surface area contributed by atoms with E-state index in [2.05, 4.69) is 62.8 Å². The molecule has 2 aliphatic rings. The lowest BCUT2D eigenvalue weighted by Crippen LogP contribution is -2.44. The number of hydrogen-bond acceptors (Lipinski definition) is 4. The highest BCUT2D eigenvalue weighted by molar-refractivity contribution is 5.96. The quantitative estimate of drug-likeness (QED) is 0.690. The van der Waals surface area contributed by atoms with Crippen LogP contribution in [0.5, 0.6) is 0 Å². The molecule has 152 valence electrons. The molecule has 2 aromatic rings. The van der Waals surface area contributed by atoms with Crippen LogP contribution >= 0.6 is 0 Å². The molecule has 0 bridgehead atoms. The largest absolute Gasteiger partial charge is 0.511 e. The van der Waals surface area contributed by atoms with Crippen LogP contribution in [0.2, 0.25) is 0 Å². The molecule has 4 rings (SSSR count). The Balaban J connectivity index is 2.15. The zero-order chi connectivity index (χ0) is 20.9. The van der Waals surface area contributed by atoms with Gasteiger partial charge in [0.15, 0.2) is 0 Å². The second kappa shape index (κ2) is 7.03. The molecule has 0 amide bonds. The van der Waals surface area contributed by atoms with Crippen molar-refractivity contribution >= 4 is 16.5 Å². The number of ether oxygens (including phenoxy) is 1. The zero-order valence-electron chi connectivity index (χ0n) is 18.0. The van der Waals surface area contributed by atoms with Gasteiger partial charge in [-0.05, 0) is 60.1 Å². The normalized spacial score (nSPS) is 23.8. The molecule has 1 aromatic carbocycles. The van der Waals surface area contributed by atoms with Crippen molar-refractivity contribution in [3.63, 3.8) is 0 Å². The topological polar surface area (TPSA) is 54.4 Å². The molecule has 2 atom stereocenters. The number of rotatable bonds is 4. The number of nitrogens with zero attached hydrogens (tertiary/aromatic N) is 1. The van der Waals surface area contributed by atoms with Gasteiger partial charge in [-0.15, -0.1) is 0 Å². The van der Waals surface area contributed by atoms with E-state index in [0.29, 0.717) is 6.61 Å². The van der Waals surface area contributed by atoms with E-state index >= 15 is 0 Å². The standard InChI is InChI=1S/C25H30N2O2/c1-7-19-14(2)23-22-20(25(19,4)5)12-16-13-26-10-8-17(16)21(22)18(9-11-29-6)24(27-23)15(3)28/h7-8,10,12-13,18,24,27-28H,3,9,11H2,1-2,4-6H3/b19-7+. The number of aliphatic hydroxyl groups excluding tert-OH is 1. The average Bonchev–Trinajstić information content (AvgIpc) is 2.69. The molecule has 1 aromatic heterocycles. The minimum atomic E-state index is -0.256. The number of aliphatic hydroxyl groups is 1. The van der Waals surface area contributed by atoms with E-state index in [-0.39, 0.29) is 23.1 Å². The van der Waals surface area contributed by atoms with Crippen molar-refractivity contribution < 1.29 is 9.84 Å². The summed E-state index contributed by atoms with van der Waals surface area (Å²) in [6.45, 7) is 13.4. The van der Waals surface area contributed by atoms with Crippen LogP contribution in [-0.2, 0) is 10.2 Å². The van der Waals surface area contributed by atoms with Crippen LogP contribution in [0.25, 0.3) is 16.5 Å². The van der Waals surface area contributed by atoms with E-state index in [9.17, 15) is 5.11 Å². The molecule has 2 heterocycles. The molecule has 2 unspecified atom stereocenters. The van der Waals surface area contributed by atoms with Crippen LogP contribution < -0.4 is 5.32 Å². The van der Waals surface area contributed by atoms with Gasteiger partial charge in [0.25, 0.3) is 0 Å². The smallest absolute Gasteiger partial charge is 0.108 e. The maximum atomic E-state index is 10.5. The first-order valence-electron chi connectivity index (χ1n) is 10.3. The number of aromatic nitrogens is 1. The maximum Gasteiger partial charge on any atom is 0.108 e. The minimum Gasteiger partial charge on any atom is -0.511 e. The highest BCUT2D eigenvalue weighted by atomic mass is 16.5. The van der Waals surface area contributed by atoms with E-state index in [4.69, 9.17) is 4.74 Å². The predicted molar refractivity (Wildman–Crippen MR) is 119 cm³/mol. The van der Waals surface area contributed by atoms with E-state index in [1.54, 1.807) is 7.11 Å².